The fourth-order valence-electron chi connectivity index (χ4n) is 3.46. The summed E-state index contributed by atoms with van der Waals surface area (Å²) in [5.74, 6) is 1.20. The molecule has 0 saturated carbocycles. The Bertz CT molecular complexity index is 1180. The maximum atomic E-state index is 12.8. The van der Waals surface area contributed by atoms with Gasteiger partial charge in [-0.15, -0.1) is 0 Å². The number of amides is 1. The monoisotopic (exact) mass is 400 g/mol. The molecule has 4 rings (SSSR count). The van der Waals surface area contributed by atoms with E-state index in [1.165, 1.54) is 0 Å². The predicted octanol–water partition coefficient (Wildman–Crippen LogP) is 4.26. The van der Waals surface area contributed by atoms with Gasteiger partial charge in [0.1, 0.15) is 12.3 Å². The Balaban J connectivity index is 1.59. The Labute approximate surface area is 175 Å². The van der Waals surface area contributed by atoms with Crippen LogP contribution in [0.5, 0.6) is 11.6 Å². The molecule has 0 atom stereocenters. The van der Waals surface area contributed by atoms with E-state index in [1.807, 2.05) is 84.4 Å². The molecule has 0 aliphatic heterocycles. The number of hydrogen-bond acceptors (Lipinski definition) is 4. The summed E-state index contributed by atoms with van der Waals surface area (Å²) < 4.78 is 8.00. The molecule has 0 spiro atoms. The molecule has 30 heavy (non-hydrogen) atoms. The number of nitrogens with two attached hydrogens (primary N) is 1. The lowest BCUT2D eigenvalue weighted by atomic mass is 10.2. The predicted molar refractivity (Wildman–Crippen MR) is 119 cm³/mol. The zero-order chi connectivity index (χ0) is 21.1. The Morgan fingerprint density at radius 3 is 2.67 bits per heavy atom. The van der Waals surface area contributed by atoms with Gasteiger partial charge in [0.25, 0.3) is 0 Å². The van der Waals surface area contributed by atoms with Crippen LogP contribution in [-0.4, -0.2) is 22.5 Å². The molecule has 0 radical (unpaired) electrons. The van der Waals surface area contributed by atoms with E-state index in [4.69, 9.17) is 10.5 Å². The molecule has 0 aliphatic rings. The molecular formula is C24H24N4O2. The van der Waals surface area contributed by atoms with E-state index in [1.54, 1.807) is 11.9 Å². The Hall–Kier alpha value is -3.64. The first kappa shape index (κ1) is 19.7. The van der Waals surface area contributed by atoms with Gasteiger partial charge < -0.3 is 19.9 Å². The first-order valence-corrected chi connectivity index (χ1v) is 9.80. The third kappa shape index (κ3) is 4.04. The second-order valence-corrected chi connectivity index (χ2v) is 7.18. The van der Waals surface area contributed by atoms with E-state index in [9.17, 15) is 4.79 Å². The number of carbonyl (C=O) groups is 1. The van der Waals surface area contributed by atoms with Crippen molar-refractivity contribution in [1.29, 1.82) is 0 Å². The summed E-state index contributed by atoms with van der Waals surface area (Å²) in [5, 5.41) is 0.922. The van der Waals surface area contributed by atoms with Gasteiger partial charge in [-0.1, -0.05) is 24.3 Å². The molecule has 6 nitrogen and oxygen atoms in total. The SMILES string of the molecule is Cc1cc(CN)cc(Oc2cccc3c2ccn3CC(=O)N(C)c2ccccc2)n1. The number of ether oxygens (including phenoxy) is 1. The molecule has 0 unspecified atom stereocenters. The van der Waals surface area contributed by atoms with E-state index in [2.05, 4.69) is 4.98 Å². The quantitative estimate of drug-likeness (QED) is 0.525. The summed E-state index contributed by atoms with van der Waals surface area (Å²) >= 11 is 0. The van der Waals surface area contributed by atoms with Gasteiger partial charge >= 0.3 is 0 Å². The number of pyridine rings is 1. The van der Waals surface area contributed by atoms with Crippen molar-refractivity contribution >= 4 is 22.5 Å². The highest BCUT2D eigenvalue weighted by Gasteiger charge is 2.14. The lowest BCUT2D eigenvalue weighted by Crippen LogP contribution is -2.29. The van der Waals surface area contributed by atoms with Gasteiger partial charge in [0.15, 0.2) is 0 Å². The summed E-state index contributed by atoms with van der Waals surface area (Å²) in [6, 6.07) is 21.2. The average Bonchev–Trinajstić information content (AvgIpc) is 3.17. The highest BCUT2D eigenvalue weighted by Crippen LogP contribution is 2.30. The van der Waals surface area contributed by atoms with E-state index < -0.39 is 0 Å². The van der Waals surface area contributed by atoms with E-state index >= 15 is 0 Å². The van der Waals surface area contributed by atoms with Crippen LogP contribution in [0.15, 0.2) is 72.9 Å². The molecule has 2 aromatic heterocycles. The summed E-state index contributed by atoms with van der Waals surface area (Å²) in [6.07, 6.45) is 1.91. The number of hydrogen-bond donors (Lipinski definition) is 1. The first-order chi connectivity index (χ1) is 14.5. The number of aryl methyl sites for hydroxylation is 1. The summed E-state index contributed by atoms with van der Waals surface area (Å²) in [5.41, 5.74) is 9.38. The normalized spacial score (nSPS) is 10.9. The summed E-state index contributed by atoms with van der Waals surface area (Å²) in [4.78, 5) is 18.9. The Morgan fingerprint density at radius 1 is 1.10 bits per heavy atom. The van der Waals surface area contributed by atoms with Crippen molar-refractivity contribution in [3.8, 4) is 11.6 Å². The fourth-order valence-corrected chi connectivity index (χ4v) is 3.46. The van der Waals surface area contributed by atoms with Gasteiger partial charge in [-0.05, 0) is 48.9 Å². The van der Waals surface area contributed by atoms with Crippen LogP contribution in [-0.2, 0) is 17.9 Å². The van der Waals surface area contributed by atoms with Crippen molar-refractivity contribution in [1.82, 2.24) is 9.55 Å². The maximum Gasteiger partial charge on any atom is 0.246 e. The molecule has 4 aromatic rings. The number of carbonyl (C=O) groups excluding carboxylic acids is 1. The van der Waals surface area contributed by atoms with Crippen LogP contribution in [0.2, 0.25) is 0 Å². The van der Waals surface area contributed by atoms with Crippen LogP contribution in [0, 0.1) is 6.92 Å². The number of benzene rings is 2. The standard InChI is InChI=1S/C24H24N4O2/c1-17-13-18(15-25)14-23(26-17)30-22-10-6-9-21-20(22)11-12-28(21)16-24(29)27(2)19-7-4-3-5-8-19/h3-14H,15-16,25H2,1-2H3. The second kappa shape index (κ2) is 8.39. The Morgan fingerprint density at radius 2 is 1.90 bits per heavy atom. The topological polar surface area (TPSA) is 73.4 Å². The first-order valence-electron chi connectivity index (χ1n) is 9.80. The van der Waals surface area contributed by atoms with Gasteiger partial charge in [-0.25, -0.2) is 4.98 Å². The highest BCUT2D eigenvalue weighted by molar-refractivity contribution is 5.94. The van der Waals surface area contributed by atoms with Crippen molar-refractivity contribution in [3.63, 3.8) is 0 Å². The number of likely N-dealkylation sites (N-methyl/N-ethyl adjacent to an activating group) is 1. The molecule has 2 aromatic carbocycles. The van der Waals surface area contributed by atoms with Crippen molar-refractivity contribution in [2.75, 3.05) is 11.9 Å². The molecule has 0 aliphatic carbocycles. The lowest BCUT2D eigenvalue weighted by molar-refractivity contribution is -0.118. The number of nitrogens with zero attached hydrogens (tertiary/aromatic N) is 3. The molecule has 2 N–H and O–H groups in total. The average molecular weight is 400 g/mol. The van der Waals surface area contributed by atoms with Gasteiger partial charge in [-0.3, -0.25) is 4.79 Å². The van der Waals surface area contributed by atoms with Crippen LogP contribution in [0.3, 0.4) is 0 Å². The molecule has 152 valence electrons. The largest absolute Gasteiger partial charge is 0.438 e. The molecular weight excluding hydrogens is 376 g/mol. The molecule has 0 fully saturated rings. The molecule has 0 saturated heterocycles. The van der Waals surface area contributed by atoms with Crippen molar-refractivity contribution in [3.05, 3.63) is 84.2 Å². The van der Waals surface area contributed by atoms with E-state index in [0.717, 1.165) is 27.8 Å². The van der Waals surface area contributed by atoms with Crippen molar-refractivity contribution < 1.29 is 9.53 Å². The Kier molecular flexibility index (Phi) is 5.50. The summed E-state index contributed by atoms with van der Waals surface area (Å²) in [6.45, 7) is 2.58. The maximum absolute atomic E-state index is 12.8. The van der Waals surface area contributed by atoms with Gasteiger partial charge in [-0.2, -0.15) is 0 Å². The van der Waals surface area contributed by atoms with E-state index in [0.29, 0.717) is 18.2 Å². The molecule has 0 bridgehead atoms. The van der Waals surface area contributed by atoms with Crippen LogP contribution < -0.4 is 15.4 Å². The number of para-hydroxylation sites is 1. The van der Waals surface area contributed by atoms with Gasteiger partial charge in [0.05, 0.1) is 5.52 Å². The minimum Gasteiger partial charge on any atom is -0.438 e. The zero-order valence-electron chi connectivity index (χ0n) is 17.1. The molecule has 2 heterocycles. The molecule has 1 amide bonds. The third-order valence-electron chi connectivity index (χ3n) is 5.04. The van der Waals surface area contributed by atoms with Crippen LogP contribution in [0.25, 0.3) is 10.9 Å². The number of aromatic nitrogens is 2. The van der Waals surface area contributed by atoms with E-state index in [-0.39, 0.29) is 12.5 Å². The minimum absolute atomic E-state index is 0.00189. The zero-order valence-corrected chi connectivity index (χ0v) is 17.1. The number of rotatable bonds is 6. The van der Waals surface area contributed by atoms with Gasteiger partial charge in [0.2, 0.25) is 11.8 Å². The van der Waals surface area contributed by atoms with Crippen LogP contribution >= 0.6 is 0 Å². The van der Waals surface area contributed by atoms with Crippen LogP contribution in [0.1, 0.15) is 11.3 Å². The number of anilines is 1. The smallest absolute Gasteiger partial charge is 0.246 e. The minimum atomic E-state index is -0.00189. The number of fused-ring (bicyclic) bond motifs is 1. The van der Waals surface area contributed by atoms with Crippen molar-refractivity contribution in [2.24, 2.45) is 5.73 Å². The van der Waals surface area contributed by atoms with Crippen LogP contribution in [0.4, 0.5) is 5.69 Å². The summed E-state index contributed by atoms with van der Waals surface area (Å²) in [7, 11) is 1.79. The highest BCUT2D eigenvalue weighted by atomic mass is 16.5. The van der Waals surface area contributed by atoms with Crippen molar-refractivity contribution in [2.45, 2.75) is 20.0 Å². The fraction of sp³-hybridized carbons (Fsp3) is 0.167. The second-order valence-electron chi connectivity index (χ2n) is 7.18. The third-order valence-corrected chi connectivity index (χ3v) is 5.04. The molecule has 6 heteroatoms. The lowest BCUT2D eigenvalue weighted by Gasteiger charge is -2.18. The van der Waals surface area contributed by atoms with Gasteiger partial charge in [0, 0.05) is 42.6 Å².